The Morgan fingerprint density at radius 3 is 2.21 bits per heavy atom. The van der Waals surface area contributed by atoms with Crippen molar-refractivity contribution in [3.05, 3.63) is 66.6 Å². The van der Waals surface area contributed by atoms with Gasteiger partial charge in [0.2, 0.25) is 0 Å². The molecule has 1 aromatic rings. The van der Waals surface area contributed by atoms with Gasteiger partial charge in [-0.05, 0) is 0 Å². The van der Waals surface area contributed by atoms with Gasteiger partial charge in [-0.25, -0.2) is 12.2 Å². The van der Waals surface area contributed by atoms with Gasteiger partial charge in [0.1, 0.15) is 0 Å². The molecule has 0 spiro atoms. The third-order valence-corrected chi connectivity index (χ3v) is 1.72. The molecule has 0 heterocycles. The topological polar surface area (TPSA) is 0 Å². The van der Waals surface area contributed by atoms with E-state index in [9.17, 15) is 0 Å². The molecule has 0 unspecified atom stereocenters. The first-order valence-electron chi connectivity index (χ1n) is 4.49. The number of benzene rings is 1. The summed E-state index contributed by atoms with van der Waals surface area (Å²) in [5, 5.41) is 0. The van der Waals surface area contributed by atoms with Gasteiger partial charge in [-0.1, -0.05) is 13.0 Å². The number of allylic oxidation sites excluding steroid dienone is 4. The summed E-state index contributed by atoms with van der Waals surface area (Å²) in [6.45, 7) is 2.04. The van der Waals surface area contributed by atoms with Crippen LogP contribution in [0, 0.1) is 12.5 Å². The van der Waals surface area contributed by atoms with E-state index in [1.54, 1.807) is 0 Å². The standard InChI is InChI=1S/C8H9.C5H5.Zr/c1-2-8-6-4-3-5-7-8;1-2-4-5-3-1;/h2-7H,1H3;1-3H,4H2;/q2*-1;+2. The van der Waals surface area contributed by atoms with E-state index in [0.29, 0.717) is 0 Å². The summed E-state index contributed by atoms with van der Waals surface area (Å²) < 4.78 is 0. The van der Waals surface area contributed by atoms with Gasteiger partial charge in [-0.15, -0.1) is 18.6 Å². The second-order valence-corrected chi connectivity index (χ2v) is 2.70. The summed E-state index contributed by atoms with van der Waals surface area (Å²) in [6, 6.07) is 10.3. The van der Waals surface area contributed by atoms with E-state index in [2.05, 4.69) is 30.7 Å². The molecule has 2 rings (SSSR count). The molecule has 0 saturated heterocycles. The summed E-state index contributed by atoms with van der Waals surface area (Å²) in [6.07, 6.45) is 12.1. The number of hydrogen-bond donors (Lipinski definition) is 0. The average molecular weight is 261 g/mol. The summed E-state index contributed by atoms with van der Waals surface area (Å²) in [5.41, 5.74) is 1.28. The molecule has 0 amide bonds. The minimum atomic E-state index is 0. The average Bonchev–Trinajstić information content (AvgIpc) is 2.77. The van der Waals surface area contributed by atoms with Gasteiger partial charge >= 0.3 is 26.2 Å². The minimum absolute atomic E-state index is 0. The fraction of sp³-hybridized carbons (Fsp3) is 0.154. The molecule has 1 heteroatoms. The second-order valence-electron chi connectivity index (χ2n) is 2.70. The van der Waals surface area contributed by atoms with E-state index >= 15 is 0 Å². The van der Waals surface area contributed by atoms with E-state index in [1.807, 2.05) is 37.3 Å². The zero-order valence-electron chi connectivity index (χ0n) is 8.40. The van der Waals surface area contributed by atoms with Gasteiger partial charge in [0, 0.05) is 0 Å². The van der Waals surface area contributed by atoms with E-state index in [4.69, 9.17) is 0 Å². The molecule has 0 atom stereocenters. The fourth-order valence-electron chi connectivity index (χ4n) is 0.986. The zero-order chi connectivity index (χ0) is 9.36. The Bertz CT molecular complexity index is 263. The van der Waals surface area contributed by atoms with E-state index < -0.39 is 0 Å². The van der Waals surface area contributed by atoms with Gasteiger partial charge in [0.05, 0.1) is 0 Å². The number of rotatable bonds is 1. The molecule has 0 N–H and O–H groups in total. The Kier molecular flexibility index (Phi) is 8.67. The third-order valence-electron chi connectivity index (χ3n) is 1.72. The summed E-state index contributed by atoms with van der Waals surface area (Å²) in [4.78, 5) is 0. The summed E-state index contributed by atoms with van der Waals surface area (Å²) in [7, 11) is 0. The van der Waals surface area contributed by atoms with Crippen molar-refractivity contribution in [3.8, 4) is 0 Å². The molecule has 0 bridgehead atoms. The second kappa shape index (κ2) is 9.03. The normalized spacial score (nSPS) is 11.2. The van der Waals surface area contributed by atoms with Crippen LogP contribution in [0.15, 0.2) is 48.6 Å². The van der Waals surface area contributed by atoms with Crippen molar-refractivity contribution in [2.24, 2.45) is 0 Å². The molecule has 0 nitrogen and oxygen atoms in total. The summed E-state index contributed by atoms with van der Waals surface area (Å²) in [5.74, 6) is 0. The maximum absolute atomic E-state index is 2.99. The van der Waals surface area contributed by atoms with Crippen molar-refractivity contribution in [3.63, 3.8) is 0 Å². The van der Waals surface area contributed by atoms with Crippen LogP contribution >= 0.6 is 0 Å². The van der Waals surface area contributed by atoms with Crippen LogP contribution in [-0.4, -0.2) is 0 Å². The first-order valence-corrected chi connectivity index (χ1v) is 4.49. The molecule has 1 aliphatic rings. The molecule has 1 aromatic carbocycles. The Balaban J connectivity index is 0.000000246. The van der Waals surface area contributed by atoms with Gasteiger partial charge < -0.3 is 0 Å². The minimum Gasteiger partial charge on any atom is -0.273 e. The van der Waals surface area contributed by atoms with Crippen LogP contribution in [0.2, 0.25) is 0 Å². The van der Waals surface area contributed by atoms with Crippen molar-refractivity contribution >= 4 is 0 Å². The predicted octanol–water partition coefficient (Wildman–Crippen LogP) is 3.56. The van der Waals surface area contributed by atoms with Crippen LogP contribution in [0.3, 0.4) is 0 Å². The largest absolute Gasteiger partial charge is 2.00 e. The first kappa shape index (κ1) is 13.5. The Hall–Kier alpha value is -0.547. The molecule has 0 fully saturated rings. The SMILES string of the molecule is C[CH-]c1ccccc1.[C-]1=CC=CC1.[Zr+2]. The quantitative estimate of drug-likeness (QED) is 0.678. The zero-order valence-corrected chi connectivity index (χ0v) is 10.9. The van der Waals surface area contributed by atoms with Crippen molar-refractivity contribution < 1.29 is 26.2 Å². The fourth-order valence-corrected chi connectivity index (χ4v) is 0.986. The van der Waals surface area contributed by atoms with E-state index in [1.165, 1.54) is 5.56 Å². The molecule has 1 aliphatic carbocycles. The van der Waals surface area contributed by atoms with Crippen LogP contribution in [-0.2, 0) is 26.2 Å². The maximum atomic E-state index is 2.99. The van der Waals surface area contributed by atoms with Crippen LogP contribution in [0.4, 0.5) is 0 Å². The monoisotopic (exact) mass is 260 g/mol. The molecule has 14 heavy (non-hydrogen) atoms. The molecule has 0 aromatic heterocycles. The third kappa shape index (κ3) is 5.99. The molecule has 0 radical (unpaired) electrons. The first-order chi connectivity index (χ1) is 6.43. The smallest absolute Gasteiger partial charge is 0.273 e. The maximum Gasteiger partial charge on any atom is 2.00 e. The van der Waals surface area contributed by atoms with Gasteiger partial charge in [-0.2, -0.15) is 30.2 Å². The van der Waals surface area contributed by atoms with Crippen molar-refractivity contribution in [1.82, 2.24) is 0 Å². The molecule has 0 saturated carbocycles. The van der Waals surface area contributed by atoms with E-state index in [-0.39, 0.29) is 26.2 Å². The van der Waals surface area contributed by atoms with Crippen LogP contribution in [0.25, 0.3) is 0 Å². The van der Waals surface area contributed by atoms with Crippen molar-refractivity contribution in [1.29, 1.82) is 0 Å². The van der Waals surface area contributed by atoms with Crippen LogP contribution < -0.4 is 0 Å². The molecule has 0 aliphatic heterocycles. The van der Waals surface area contributed by atoms with Crippen molar-refractivity contribution in [2.75, 3.05) is 0 Å². The Morgan fingerprint density at radius 2 is 1.93 bits per heavy atom. The molecular weight excluding hydrogens is 247 g/mol. The predicted molar refractivity (Wildman–Crippen MR) is 57.1 cm³/mol. The Labute approximate surface area is 106 Å². The van der Waals surface area contributed by atoms with Crippen molar-refractivity contribution in [2.45, 2.75) is 13.3 Å². The number of hydrogen-bond acceptors (Lipinski definition) is 0. The van der Waals surface area contributed by atoms with Crippen LogP contribution in [0.1, 0.15) is 18.9 Å². The molecule has 70 valence electrons. The summed E-state index contributed by atoms with van der Waals surface area (Å²) >= 11 is 0. The Morgan fingerprint density at radius 1 is 1.21 bits per heavy atom. The molecular formula is C13H14Zr. The van der Waals surface area contributed by atoms with Crippen LogP contribution in [0.5, 0.6) is 0 Å². The van der Waals surface area contributed by atoms with Gasteiger partial charge in [0.25, 0.3) is 0 Å². The van der Waals surface area contributed by atoms with Gasteiger partial charge in [0.15, 0.2) is 0 Å². The van der Waals surface area contributed by atoms with Gasteiger partial charge in [-0.3, -0.25) is 6.08 Å². The van der Waals surface area contributed by atoms with E-state index in [0.717, 1.165) is 6.42 Å².